The summed E-state index contributed by atoms with van der Waals surface area (Å²) < 4.78 is 5.15. The van der Waals surface area contributed by atoms with Crippen LogP contribution in [0.2, 0.25) is 0 Å². The number of carboxylic acid groups (broad SMARTS) is 1. The Balaban J connectivity index is 2.07. The average molecular weight is 196 g/mol. The number of aromatic nitrogens is 1. The van der Waals surface area contributed by atoms with Crippen LogP contribution in [0.25, 0.3) is 0 Å². The predicted molar refractivity (Wildman–Crippen MR) is 49.1 cm³/mol. The van der Waals surface area contributed by atoms with E-state index in [1.807, 2.05) is 4.90 Å². The minimum absolute atomic E-state index is 0.0335. The third kappa shape index (κ3) is 1.71. The summed E-state index contributed by atoms with van der Waals surface area (Å²) in [5, 5.41) is 8.71. The molecular formula is C9H12N2O3. The van der Waals surface area contributed by atoms with E-state index in [9.17, 15) is 4.79 Å². The molecule has 1 saturated heterocycles. The maximum atomic E-state index is 10.6. The van der Waals surface area contributed by atoms with Crippen molar-refractivity contribution in [3.8, 4) is 0 Å². The molecule has 5 nitrogen and oxygen atoms in total. The fourth-order valence-corrected chi connectivity index (χ4v) is 1.86. The van der Waals surface area contributed by atoms with Crippen molar-refractivity contribution in [1.29, 1.82) is 0 Å². The van der Waals surface area contributed by atoms with Crippen LogP contribution in [0.4, 0.5) is 6.01 Å². The molecule has 1 aliphatic rings. The largest absolute Gasteiger partial charge is 0.481 e. The first-order valence-corrected chi connectivity index (χ1v) is 4.65. The Hall–Kier alpha value is -1.52. The van der Waals surface area contributed by atoms with Crippen molar-refractivity contribution in [3.05, 3.63) is 12.5 Å². The van der Waals surface area contributed by atoms with E-state index in [-0.39, 0.29) is 12.5 Å². The van der Waals surface area contributed by atoms with Gasteiger partial charge >= 0.3 is 5.97 Å². The van der Waals surface area contributed by atoms with E-state index in [1.165, 1.54) is 6.26 Å². The molecule has 1 fully saturated rings. The molecule has 0 saturated carbocycles. The third-order valence-corrected chi connectivity index (χ3v) is 2.45. The molecule has 1 aliphatic heterocycles. The normalized spacial score (nSPS) is 21.4. The van der Waals surface area contributed by atoms with Crippen LogP contribution < -0.4 is 4.90 Å². The highest BCUT2D eigenvalue weighted by Gasteiger charge is 2.29. The summed E-state index contributed by atoms with van der Waals surface area (Å²) in [5.74, 6) is -0.770. The molecule has 1 N–H and O–H groups in total. The van der Waals surface area contributed by atoms with Gasteiger partial charge in [-0.05, 0) is 12.8 Å². The van der Waals surface area contributed by atoms with Gasteiger partial charge in [-0.1, -0.05) is 0 Å². The Morgan fingerprint density at radius 3 is 3.29 bits per heavy atom. The van der Waals surface area contributed by atoms with Gasteiger partial charge in [0, 0.05) is 12.6 Å². The molecular weight excluding hydrogens is 184 g/mol. The molecule has 2 rings (SSSR count). The fraction of sp³-hybridized carbons (Fsp3) is 0.556. The van der Waals surface area contributed by atoms with Gasteiger partial charge in [0.25, 0.3) is 6.01 Å². The minimum atomic E-state index is -0.770. The first kappa shape index (κ1) is 9.05. The molecule has 1 aromatic heterocycles. The van der Waals surface area contributed by atoms with Crippen molar-refractivity contribution < 1.29 is 14.3 Å². The first-order valence-electron chi connectivity index (χ1n) is 4.65. The van der Waals surface area contributed by atoms with Crippen molar-refractivity contribution in [2.45, 2.75) is 25.3 Å². The van der Waals surface area contributed by atoms with Crippen LogP contribution in [0.1, 0.15) is 19.3 Å². The molecule has 0 spiro atoms. The van der Waals surface area contributed by atoms with E-state index in [2.05, 4.69) is 4.98 Å². The van der Waals surface area contributed by atoms with Crippen molar-refractivity contribution >= 4 is 12.0 Å². The number of hydrogen-bond acceptors (Lipinski definition) is 4. The highest BCUT2D eigenvalue weighted by Crippen LogP contribution is 2.25. The first-order chi connectivity index (χ1) is 6.77. The van der Waals surface area contributed by atoms with Crippen LogP contribution in [-0.4, -0.2) is 28.6 Å². The van der Waals surface area contributed by atoms with Gasteiger partial charge < -0.3 is 14.4 Å². The number of nitrogens with zero attached hydrogens (tertiary/aromatic N) is 2. The molecule has 1 aromatic rings. The van der Waals surface area contributed by atoms with Gasteiger partial charge in [0.05, 0.1) is 12.6 Å². The van der Waals surface area contributed by atoms with Crippen LogP contribution in [-0.2, 0) is 4.79 Å². The highest BCUT2D eigenvalue weighted by atomic mass is 16.4. The number of aliphatic carboxylic acids is 1. The van der Waals surface area contributed by atoms with Gasteiger partial charge in [-0.25, -0.2) is 4.98 Å². The van der Waals surface area contributed by atoms with Crippen LogP contribution >= 0.6 is 0 Å². The van der Waals surface area contributed by atoms with E-state index in [0.717, 1.165) is 19.4 Å². The van der Waals surface area contributed by atoms with Crippen LogP contribution in [0.5, 0.6) is 0 Å². The summed E-state index contributed by atoms with van der Waals surface area (Å²) in [5.41, 5.74) is 0. The van der Waals surface area contributed by atoms with Gasteiger partial charge in [-0.3, -0.25) is 4.79 Å². The van der Waals surface area contributed by atoms with E-state index < -0.39 is 5.97 Å². The topological polar surface area (TPSA) is 66.6 Å². The molecule has 1 unspecified atom stereocenters. The molecule has 14 heavy (non-hydrogen) atoms. The van der Waals surface area contributed by atoms with Gasteiger partial charge in [0.1, 0.15) is 6.26 Å². The molecule has 0 aromatic carbocycles. The lowest BCUT2D eigenvalue weighted by atomic mass is 10.1. The summed E-state index contributed by atoms with van der Waals surface area (Å²) in [6, 6.07) is 0.569. The summed E-state index contributed by atoms with van der Waals surface area (Å²) >= 11 is 0. The molecule has 0 bridgehead atoms. The van der Waals surface area contributed by atoms with Gasteiger partial charge in [0.15, 0.2) is 0 Å². The number of carbonyl (C=O) groups is 1. The summed E-state index contributed by atoms with van der Waals surface area (Å²) in [6.45, 7) is 0.832. The standard InChI is InChI=1S/C9H12N2O3/c12-8(13)6-7-2-1-4-11(7)9-10-3-5-14-9/h3,5,7H,1-2,4,6H2,(H,12,13). The van der Waals surface area contributed by atoms with E-state index >= 15 is 0 Å². The Labute approximate surface area is 81.3 Å². The number of oxazole rings is 1. The lowest BCUT2D eigenvalue weighted by Crippen LogP contribution is -2.31. The van der Waals surface area contributed by atoms with E-state index in [1.54, 1.807) is 6.20 Å². The maximum Gasteiger partial charge on any atom is 0.305 e. The lowest BCUT2D eigenvalue weighted by molar-refractivity contribution is -0.137. The van der Waals surface area contributed by atoms with Crippen LogP contribution in [0.15, 0.2) is 16.9 Å². The molecule has 0 radical (unpaired) electrons. The predicted octanol–water partition coefficient (Wildman–Crippen LogP) is 1.12. The van der Waals surface area contributed by atoms with Crippen molar-refractivity contribution in [1.82, 2.24) is 4.98 Å². The molecule has 1 atom stereocenters. The number of anilines is 1. The Kier molecular flexibility index (Phi) is 2.39. The number of hydrogen-bond donors (Lipinski definition) is 1. The Morgan fingerprint density at radius 2 is 2.64 bits per heavy atom. The molecule has 2 heterocycles. The third-order valence-electron chi connectivity index (χ3n) is 2.45. The number of rotatable bonds is 3. The smallest absolute Gasteiger partial charge is 0.305 e. The fourth-order valence-electron chi connectivity index (χ4n) is 1.86. The Bertz CT molecular complexity index is 310. The maximum absolute atomic E-state index is 10.6. The van der Waals surface area contributed by atoms with Gasteiger partial charge in [0.2, 0.25) is 0 Å². The van der Waals surface area contributed by atoms with Crippen molar-refractivity contribution in [3.63, 3.8) is 0 Å². The molecule has 5 heteroatoms. The highest BCUT2D eigenvalue weighted by molar-refractivity contribution is 5.68. The monoisotopic (exact) mass is 196 g/mol. The van der Waals surface area contributed by atoms with Crippen molar-refractivity contribution in [2.75, 3.05) is 11.4 Å². The molecule has 0 aliphatic carbocycles. The zero-order valence-corrected chi connectivity index (χ0v) is 7.72. The van der Waals surface area contributed by atoms with Crippen LogP contribution in [0.3, 0.4) is 0 Å². The lowest BCUT2D eigenvalue weighted by Gasteiger charge is -2.20. The Morgan fingerprint density at radius 1 is 1.79 bits per heavy atom. The minimum Gasteiger partial charge on any atom is -0.481 e. The van der Waals surface area contributed by atoms with Crippen LogP contribution in [0, 0.1) is 0 Å². The second-order valence-electron chi connectivity index (χ2n) is 3.40. The van der Waals surface area contributed by atoms with Gasteiger partial charge in [-0.15, -0.1) is 0 Å². The molecule has 0 amide bonds. The average Bonchev–Trinajstić information content (AvgIpc) is 2.70. The van der Waals surface area contributed by atoms with Crippen molar-refractivity contribution in [2.24, 2.45) is 0 Å². The second-order valence-corrected chi connectivity index (χ2v) is 3.40. The van der Waals surface area contributed by atoms with Gasteiger partial charge in [-0.2, -0.15) is 0 Å². The summed E-state index contributed by atoms with van der Waals surface area (Å²) in [6.07, 6.45) is 5.13. The summed E-state index contributed by atoms with van der Waals surface area (Å²) in [4.78, 5) is 16.5. The zero-order chi connectivity index (χ0) is 9.97. The zero-order valence-electron chi connectivity index (χ0n) is 7.72. The second kappa shape index (κ2) is 3.69. The number of carboxylic acids is 1. The summed E-state index contributed by atoms with van der Waals surface area (Å²) in [7, 11) is 0. The quantitative estimate of drug-likeness (QED) is 0.784. The SMILES string of the molecule is O=C(O)CC1CCCN1c1ncco1. The molecule has 76 valence electrons. The van der Waals surface area contributed by atoms with E-state index in [0.29, 0.717) is 6.01 Å². The van der Waals surface area contributed by atoms with E-state index in [4.69, 9.17) is 9.52 Å².